The predicted molar refractivity (Wildman–Crippen MR) is 39.6 cm³/mol. The van der Waals surface area contributed by atoms with Gasteiger partial charge in [0.1, 0.15) is 0 Å². The van der Waals surface area contributed by atoms with Crippen molar-refractivity contribution >= 4 is 0 Å². The number of rotatable bonds is 0. The van der Waals surface area contributed by atoms with Crippen molar-refractivity contribution in [1.82, 2.24) is 0 Å². The van der Waals surface area contributed by atoms with Crippen LogP contribution in [0.2, 0.25) is 0 Å². The van der Waals surface area contributed by atoms with Gasteiger partial charge in [-0.15, -0.1) is 0 Å². The average Bonchev–Trinajstić information content (AvgIpc) is 1.90. The molecule has 2 atom stereocenters. The van der Waals surface area contributed by atoms with E-state index >= 15 is 0 Å². The summed E-state index contributed by atoms with van der Waals surface area (Å²) < 4.78 is 0. The van der Waals surface area contributed by atoms with Gasteiger partial charge in [0.2, 0.25) is 0 Å². The van der Waals surface area contributed by atoms with Crippen molar-refractivity contribution in [3.8, 4) is 0 Å². The van der Waals surface area contributed by atoms with Crippen LogP contribution in [0.15, 0.2) is 12.2 Å². The summed E-state index contributed by atoms with van der Waals surface area (Å²) in [4.78, 5) is 0. The Bertz CT molecular complexity index is 138. The minimum atomic E-state index is -0.702. The molecule has 0 spiro atoms. The van der Waals surface area contributed by atoms with Crippen molar-refractivity contribution in [2.24, 2.45) is 0 Å². The molecule has 0 amide bonds. The van der Waals surface area contributed by atoms with Crippen molar-refractivity contribution in [3.63, 3.8) is 0 Å². The van der Waals surface area contributed by atoms with E-state index in [1.165, 1.54) is 0 Å². The molecule has 2 N–H and O–H groups in total. The van der Waals surface area contributed by atoms with Crippen LogP contribution < -0.4 is 0 Å². The van der Waals surface area contributed by atoms with Gasteiger partial charge >= 0.3 is 0 Å². The molecule has 0 saturated carbocycles. The molecule has 0 aromatic rings. The molecule has 0 aromatic carbocycles. The maximum absolute atomic E-state index is 9.51. The summed E-state index contributed by atoms with van der Waals surface area (Å²) in [5.41, 5.74) is -0.702. The van der Waals surface area contributed by atoms with Crippen molar-refractivity contribution < 1.29 is 10.2 Å². The molecule has 2 nitrogen and oxygen atoms in total. The molecule has 1 aliphatic rings. The number of hydrogen-bond acceptors (Lipinski definition) is 2. The lowest BCUT2D eigenvalue weighted by molar-refractivity contribution is 0.0108. The van der Waals surface area contributed by atoms with E-state index in [0.717, 1.165) is 0 Å². The first-order valence-electron chi connectivity index (χ1n) is 3.66. The van der Waals surface area contributed by atoms with Gasteiger partial charge in [-0.2, -0.15) is 0 Å². The van der Waals surface area contributed by atoms with E-state index in [1.54, 1.807) is 6.92 Å². The summed E-state index contributed by atoms with van der Waals surface area (Å²) >= 11 is 0. The van der Waals surface area contributed by atoms with Gasteiger partial charge in [0.05, 0.1) is 11.7 Å². The molecule has 2 heteroatoms. The van der Waals surface area contributed by atoms with E-state index in [2.05, 4.69) is 0 Å². The summed E-state index contributed by atoms with van der Waals surface area (Å²) in [5, 5.41) is 18.7. The van der Waals surface area contributed by atoms with Gasteiger partial charge in [-0.3, -0.25) is 0 Å². The quantitative estimate of drug-likeness (QED) is 0.492. The molecule has 1 rings (SSSR count). The third kappa shape index (κ3) is 2.12. The zero-order chi connectivity index (χ0) is 7.61. The molecule has 1 aliphatic carbocycles. The number of aliphatic hydroxyl groups excluding tert-OH is 1. The summed E-state index contributed by atoms with van der Waals surface area (Å²) in [6.07, 6.45) is 5.30. The number of hydrogen-bond donors (Lipinski definition) is 2. The summed E-state index contributed by atoms with van der Waals surface area (Å²) in [6.45, 7) is 1.76. The van der Waals surface area contributed by atoms with Crippen LogP contribution in [0, 0.1) is 0 Å². The summed E-state index contributed by atoms with van der Waals surface area (Å²) in [5.74, 6) is 0. The van der Waals surface area contributed by atoms with Crippen LogP contribution >= 0.6 is 0 Å². The average molecular weight is 142 g/mol. The van der Waals surface area contributed by atoms with Crippen molar-refractivity contribution in [3.05, 3.63) is 12.2 Å². The maximum atomic E-state index is 9.51. The monoisotopic (exact) mass is 142 g/mol. The van der Waals surface area contributed by atoms with Crippen LogP contribution in [-0.4, -0.2) is 21.9 Å². The van der Waals surface area contributed by atoms with Gasteiger partial charge in [-0.25, -0.2) is 0 Å². The maximum Gasteiger partial charge on any atom is 0.0678 e. The van der Waals surface area contributed by atoms with Gasteiger partial charge in [0.25, 0.3) is 0 Å². The van der Waals surface area contributed by atoms with Gasteiger partial charge in [0, 0.05) is 6.42 Å². The lowest BCUT2D eigenvalue weighted by Crippen LogP contribution is -2.27. The minimum absolute atomic E-state index is 0.367. The van der Waals surface area contributed by atoms with E-state index in [1.807, 2.05) is 12.2 Å². The Kier molecular flexibility index (Phi) is 2.11. The second-order valence-electron chi connectivity index (χ2n) is 3.27. The van der Waals surface area contributed by atoms with Crippen LogP contribution in [-0.2, 0) is 0 Å². The van der Waals surface area contributed by atoms with Crippen molar-refractivity contribution in [1.29, 1.82) is 0 Å². The highest BCUT2D eigenvalue weighted by molar-refractivity contribution is 4.96. The van der Waals surface area contributed by atoms with Crippen LogP contribution in [0.25, 0.3) is 0 Å². The zero-order valence-electron chi connectivity index (χ0n) is 6.25. The lowest BCUT2D eigenvalue weighted by atomic mass is 9.96. The molecular formula is C8H14O2. The predicted octanol–water partition coefficient (Wildman–Crippen LogP) is 0.838. The molecule has 0 heterocycles. The minimum Gasteiger partial charge on any atom is -0.393 e. The lowest BCUT2D eigenvalue weighted by Gasteiger charge is -2.21. The Labute approximate surface area is 61.2 Å². The molecule has 0 aromatic heterocycles. The Hall–Kier alpha value is -0.340. The highest BCUT2D eigenvalue weighted by Crippen LogP contribution is 2.22. The summed E-state index contributed by atoms with van der Waals surface area (Å²) in [7, 11) is 0. The molecule has 58 valence electrons. The van der Waals surface area contributed by atoms with E-state index in [0.29, 0.717) is 19.3 Å². The fourth-order valence-corrected chi connectivity index (χ4v) is 1.26. The smallest absolute Gasteiger partial charge is 0.0678 e. The SMILES string of the molecule is CC1(O)CC=CCC(O)C1. The van der Waals surface area contributed by atoms with Crippen LogP contribution in [0.5, 0.6) is 0 Å². The molecule has 0 aliphatic heterocycles. The molecule has 0 bridgehead atoms. The van der Waals surface area contributed by atoms with Crippen molar-refractivity contribution in [2.75, 3.05) is 0 Å². The highest BCUT2D eigenvalue weighted by Gasteiger charge is 2.24. The molecule has 0 radical (unpaired) electrons. The fourth-order valence-electron chi connectivity index (χ4n) is 1.26. The molecule has 2 unspecified atom stereocenters. The normalized spacial score (nSPS) is 41.3. The van der Waals surface area contributed by atoms with Gasteiger partial charge in [-0.05, 0) is 19.8 Å². The Morgan fingerprint density at radius 2 is 2.20 bits per heavy atom. The van der Waals surface area contributed by atoms with Gasteiger partial charge < -0.3 is 10.2 Å². The van der Waals surface area contributed by atoms with Crippen LogP contribution in [0.4, 0.5) is 0 Å². The molecular weight excluding hydrogens is 128 g/mol. The Morgan fingerprint density at radius 3 is 2.90 bits per heavy atom. The first-order chi connectivity index (χ1) is 4.60. The van der Waals surface area contributed by atoms with Crippen LogP contribution in [0.3, 0.4) is 0 Å². The Morgan fingerprint density at radius 1 is 1.50 bits per heavy atom. The molecule has 0 saturated heterocycles. The first kappa shape index (κ1) is 7.76. The van der Waals surface area contributed by atoms with E-state index < -0.39 is 5.60 Å². The second-order valence-corrected chi connectivity index (χ2v) is 3.27. The molecule has 10 heavy (non-hydrogen) atoms. The van der Waals surface area contributed by atoms with Gasteiger partial charge in [-0.1, -0.05) is 12.2 Å². The number of aliphatic hydroxyl groups is 2. The standard InChI is InChI=1S/C8H14O2/c1-8(10)5-3-2-4-7(9)6-8/h2-3,7,9-10H,4-6H2,1H3. The van der Waals surface area contributed by atoms with E-state index in [-0.39, 0.29) is 6.10 Å². The second kappa shape index (κ2) is 2.72. The third-order valence-corrected chi connectivity index (χ3v) is 1.81. The van der Waals surface area contributed by atoms with Gasteiger partial charge in [0.15, 0.2) is 0 Å². The van der Waals surface area contributed by atoms with E-state index in [4.69, 9.17) is 0 Å². The largest absolute Gasteiger partial charge is 0.393 e. The zero-order valence-corrected chi connectivity index (χ0v) is 6.25. The summed E-state index contributed by atoms with van der Waals surface area (Å²) in [6, 6.07) is 0. The third-order valence-electron chi connectivity index (χ3n) is 1.81. The molecule has 0 fully saturated rings. The fraction of sp³-hybridized carbons (Fsp3) is 0.750. The highest BCUT2D eigenvalue weighted by atomic mass is 16.3. The van der Waals surface area contributed by atoms with E-state index in [9.17, 15) is 10.2 Å². The Balaban J connectivity index is 2.57. The van der Waals surface area contributed by atoms with Crippen LogP contribution in [0.1, 0.15) is 26.2 Å². The first-order valence-corrected chi connectivity index (χ1v) is 3.66. The topological polar surface area (TPSA) is 40.5 Å². The van der Waals surface area contributed by atoms with Crippen molar-refractivity contribution in [2.45, 2.75) is 37.9 Å².